The molecule has 0 aliphatic rings. The molecule has 5 heteroatoms. The molecule has 0 bridgehead atoms. The van der Waals surface area contributed by atoms with Crippen LogP contribution in [0.1, 0.15) is 16.7 Å². The van der Waals surface area contributed by atoms with Crippen LogP contribution >= 0.6 is 7.92 Å². The molecule has 3 aromatic rings. The van der Waals surface area contributed by atoms with Crippen LogP contribution in [0.2, 0.25) is 0 Å². The Bertz CT molecular complexity index is 731. The van der Waals surface area contributed by atoms with Gasteiger partial charge in [0.15, 0.2) is 0 Å². The Labute approximate surface area is 188 Å². The molecule has 0 atom stereocenters. The SMILES string of the molecule is COc1ccc(CP(Cc2ccc(OC)cc2)Cc2ccc(OC)cc2)cc1.[Pd]. The van der Waals surface area contributed by atoms with E-state index in [0.717, 1.165) is 35.7 Å². The Morgan fingerprint density at radius 1 is 0.483 bits per heavy atom. The molecule has 0 unspecified atom stereocenters. The van der Waals surface area contributed by atoms with Gasteiger partial charge in [-0.15, -0.1) is 0 Å². The Morgan fingerprint density at radius 2 is 0.724 bits per heavy atom. The monoisotopic (exact) mass is 500 g/mol. The maximum absolute atomic E-state index is 5.29. The Hall–Kier alpha value is -1.85. The number of hydrogen-bond acceptors (Lipinski definition) is 3. The van der Waals surface area contributed by atoms with E-state index in [0.29, 0.717) is 0 Å². The van der Waals surface area contributed by atoms with Gasteiger partial charge in [0.2, 0.25) is 0 Å². The molecule has 0 aliphatic heterocycles. The van der Waals surface area contributed by atoms with Crippen LogP contribution in [0.15, 0.2) is 72.8 Å². The summed E-state index contributed by atoms with van der Waals surface area (Å²) in [6.45, 7) is 0. The van der Waals surface area contributed by atoms with Gasteiger partial charge in [-0.25, -0.2) is 0 Å². The van der Waals surface area contributed by atoms with Crippen LogP contribution in [0.4, 0.5) is 0 Å². The zero-order valence-electron chi connectivity index (χ0n) is 17.0. The van der Waals surface area contributed by atoms with E-state index >= 15 is 0 Å². The third-order valence-electron chi connectivity index (χ3n) is 4.70. The zero-order valence-corrected chi connectivity index (χ0v) is 19.5. The van der Waals surface area contributed by atoms with Crippen molar-refractivity contribution in [2.24, 2.45) is 0 Å². The van der Waals surface area contributed by atoms with E-state index in [1.165, 1.54) is 16.7 Å². The normalized spacial score (nSPS) is 10.3. The fraction of sp³-hybridized carbons (Fsp3) is 0.250. The molecule has 0 radical (unpaired) electrons. The molecule has 0 fully saturated rings. The minimum atomic E-state index is -0.254. The molecule has 3 aromatic carbocycles. The van der Waals surface area contributed by atoms with E-state index in [2.05, 4.69) is 36.4 Å². The predicted molar refractivity (Wildman–Crippen MR) is 117 cm³/mol. The largest absolute Gasteiger partial charge is 0.497 e. The second-order valence-electron chi connectivity index (χ2n) is 6.69. The minimum Gasteiger partial charge on any atom is -0.497 e. The van der Waals surface area contributed by atoms with E-state index < -0.39 is 0 Å². The first kappa shape index (κ1) is 23.4. The van der Waals surface area contributed by atoms with Crippen molar-refractivity contribution in [2.45, 2.75) is 18.5 Å². The van der Waals surface area contributed by atoms with Gasteiger partial charge in [0.1, 0.15) is 17.2 Å². The second-order valence-corrected chi connectivity index (χ2v) is 8.98. The van der Waals surface area contributed by atoms with Crippen molar-refractivity contribution in [3.63, 3.8) is 0 Å². The van der Waals surface area contributed by atoms with Crippen molar-refractivity contribution < 1.29 is 34.6 Å². The summed E-state index contributed by atoms with van der Waals surface area (Å²) in [7, 11) is 4.86. The number of methoxy groups -OCH3 is 3. The topological polar surface area (TPSA) is 27.7 Å². The fourth-order valence-corrected chi connectivity index (χ4v) is 5.65. The number of rotatable bonds is 9. The summed E-state index contributed by atoms with van der Waals surface area (Å²) in [4.78, 5) is 0. The van der Waals surface area contributed by atoms with E-state index in [1.807, 2.05) is 36.4 Å². The number of hydrogen-bond donors (Lipinski definition) is 0. The standard InChI is InChI=1S/C24H27O3P.Pd/c1-25-22-10-4-19(5-11-22)16-28(17-20-6-12-23(26-2)13-7-20)18-21-8-14-24(27-3)15-9-21;/h4-15H,16-18H2,1-3H3;. The Balaban J connectivity index is 0.00000300. The molecule has 29 heavy (non-hydrogen) atoms. The molecule has 0 amide bonds. The van der Waals surface area contributed by atoms with E-state index in [4.69, 9.17) is 14.2 Å². The van der Waals surface area contributed by atoms with Gasteiger partial charge in [-0.1, -0.05) is 44.3 Å². The summed E-state index contributed by atoms with van der Waals surface area (Å²) >= 11 is 0. The zero-order chi connectivity index (χ0) is 19.8. The second kappa shape index (κ2) is 12.0. The average Bonchev–Trinajstić information content (AvgIpc) is 2.75. The molecular weight excluding hydrogens is 474 g/mol. The minimum absolute atomic E-state index is 0. The molecule has 0 N–H and O–H groups in total. The van der Waals surface area contributed by atoms with Crippen LogP contribution in [-0.2, 0) is 38.9 Å². The van der Waals surface area contributed by atoms with Gasteiger partial charge in [-0.05, 0) is 71.6 Å². The fourth-order valence-electron chi connectivity index (χ4n) is 3.14. The first-order valence-electron chi connectivity index (χ1n) is 9.31. The summed E-state index contributed by atoms with van der Waals surface area (Å²) < 4.78 is 15.9. The molecule has 3 nitrogen and oxygen atoms in total. The molecule has 0 saturated heterocycles. The first-order chi connectivity index (χ1) is 13.7. The van der Waals surface area contributed by atoms with Gasteiger partial charge in [-0.3, -0.25) is 0 Å². The van der Waals surface area contributed by atoms with Gasteiger partial charge < -0.3 is 14.2 Å². The van der Waals surface area contributed by atoms with Gasteiger partial charge in [-0.2, -0.15) is 0 Å². The van der Waals surface area contributed by atoms with E-state index in [1.54, 1.807) is 21.3 Å². The Kier molecular flexibility index (Phi) is 9.68. The molecule has 0 spiro atoms. The van der Waals surface area contributed by atoms with Crippen LogP contribution in [0.25, 0.3) is 0 Å². The van der Waals surface area contributed by atoms with Crippen molar-refractivity contribution in [3.05, 3.63) is 89.5 Å². The predicted octanol–water partition coefficient (Wildman–Crippen LogP) is 6.09. The Morgan fingerprint density at radius 3 is 0.931 bits per heavy atom. The summed E-state index contributed by atoms with van der Waals surface area (Å²) in [5, 5.41) is 0. The van der Waals surface area contributed by atoms with Crippen molar-refractivity contribution in [2.75, 3.05) is 21.3 Å². The van der Waals surface area contributed by atoms with Gasteiger partial charge in [0.05, 0.1) is 21.3 Å². The maximum Gasteiger partial charge on any atom is 0.118 e. The van der Waals surface area contributed by atoms with E-state index in [9.17, 15) is 0 Å². The van der Waals surface area contributed by atoms with E-state index in [-0.39, 0.29) is 28.3 Å². The molecule has 156 valence electrons. The van der Waals surface area contributed by atoms with Gasteiger partial charge >= 0.3 is 0 Å². The summed E-state index contributed by atoms with van der Waals surface area (Å²) in [6.07, 6.45) is 3.24. The first-order valence-corrected chi connectivity index (χ1v) is 11.2. The molecule has 0 aromatic heterocycles. The summed E-state index contributed by atoms with van der Waals surface area (Å²) in [5.41, 5.74) is 4.07. The van der Waals surface area contributed by atoms with Crippen molar-refractivity contribution in [3.8, 4) is 17.2 Å². The third kappa shape index (κ3) is 7.16. The quantitative estimate of drug-likeness (QED) is 0.263. The van der Waals surface area contributed by atoms with Crippen LogP contribution < -0.4 is 14.2 Å². The van der Waals surface area contributed by atoms with Crippen molar-refractivity contribution in [1.29, 1.82) is 0 Å². The average molecular weight is 501 g/mol. The summed E-state index contributed by atoms with van der Waals surface area (Å²) in [6, 6.07) is 25.3. The van der Waals surface area contributed by atoms with Crippen LogP contribution in [0.5, 0.6) is 17.2 Å². The third-order valence-corrected chi connectivity index (χ3v) is 7.13. The molecule has 0 aliphatic carbocycles. The molecule has 3 rings (SSSR count). The van der Waals surface area contributed by atoms with Crippen molar-refractivity contribution >= 4 is 7.92 Å². The van der Waals surface area contributed by atoms with Crippen LogP contribution in [0.3, 0.4) is 0 Å². The smallest absolute Gasteiger partial charge is 0.118 e. The van der Waals surface area contributed by atoms with Gasteiger partial charge in [0, 0.05) is 20.4 Å². The molecule has 0 heterocycles. The molecular formula is C24H27O3PPd. The van der Waals surface area contributed by atoms with Crippen LogP contribution in [0, 0.1) is 0 Å². The summed E-state index contributed by atoms with van der Waals surface area (Å²) in [5.74, 6) is 2.70. The van der Waals surface area contributed by atoms with Crippen molar-refractivity contribution in [1.82, 2.24) is 0 Å². The van der Waals surface area contributed by atoms with Gasteiger partial charge in [0.25, 0.3) is 0 Å². The molecule has 0 saturated carbocycles. The number of benzene rings is 3. The number of ether oxygens (including phenoxy) is 3. The van der Waals surface area contributed by atoms with Crippen LogP contribution in [-0.4, -0.2) is 21.3 Å². The maximum atomic E-state index is 5.29.